The number of aryl methyl sites for hydroxylation is 1. The van der Waals surface area contributed by atoms with Crippen molar-refractivity contribution in [3.05, 3.63) is 63.5 Å². The van der Waals surface area contributed by atoms with Gasteiger partial charge in [0, 0.05) is 17.8 Å². The number of halogens is 1. The number of nitrogens with one attached hydrogen (secondary N) is 1. The molecule has 0 aliphatic heterocycles. The Balaban J connectivity index is 1.50. The summed E-state index contributed by atoms with van der Waals surface area (Å²) in [4.78, 5) is 12.3. The number of carbonyl (C=O) groups excluding carboxylic acids is 1. The molecular weight excluding hydrogens is 521 g/mol. The number of benzene rings is 2. The minimum Gasteiger partial charge on any atom is -0.490 e. The van der Waals surface area contributed by atoms with Crippen molar-refractivity contribution in [2.75, 3.05) is 18.5 Å². The zero-order valence-electron chi connectivity index (χ0n) is 18.6. The number of hydrogen-bond donors (Lipinski definition) is 1. The summed E-state index contributed by atoms with van der Waals surface area (Å²) >= 11 is 2.24. The van der Waals surface area contributed by atoms with Gasteiger partial charge in [-0.15, -0.1) is 0 Å². The first-order valence-corrected chi connectivity index (χ1v) is 11.7. The molecule has 0 saturated carbocycles. The van der Waals surface area contributed by atoms with Crippen molar-refractivity contribution in [2.24, 2.45) is 0 Å². The Kier molecular flexibility index (Phi) is 8.78. The third-order valence-corrected chi connectivity index (χ3v) is 5.80. The molecule has 3 rings (SSSR count). The highest BCUT2D eigenvalue weighted by molar-refractivity contribution is 14.1. The maximum Gasteiger partial charge on any atom is 0.226 e. The number of anilines is 1. The van der Waals surface area contributed by atoms with Crippen molar-refractivity contribution in [1.82, 2.24) is 9.78 Å². The molecular formula is C24H28IN3O4. The largest absolute Gasteiger partial charge is 0.490 e. The highest BCUT2D eigenvalue weighted by Crippen LogP contribution is 2.29. The van der Waals surface area contributed by atoms with Crippen molar-refractivity contribution < 1.29 is 19.0 Å². The van der Waals surface area contributed by atoms with Gasteiger partial charge in [-0.2, -0.15) is 5.10 Å². The van der Waals surface area contributed by atoms with E-state index < -0.39 is 0 Å². The van der Waals surface area contributed by atoms with E-state index in [0.717, 1.165) is 32.0 Å². The van der Waals surface area contributed by atoms with Gasteiger partial charge < -0.3 is 19.5 Å². The topological polar surface area (TPSA) is 74.6 Å². The number of hydrogen-bond acceptors (Lipinski definition) is 5. The highest BCUT2D eigenvalue weighted by Gasteiger charge is 2.09. The summed E-state index contributed by atoms with van der Waals surface area (Å²) in [5.74, 6) is 2.11. The third kappa shape index (κ3) is 6.62. The maximum atomic E-state index is 12.3. The molecule has 1 N–H and O–H groups in total. The van der Waals surface area contributed by atoms with Gasteiger partial charge in [0.05, 0.1) is 29.5 Å². The van der Waals surface area contributed by atoms with Gasteiger partial charge in [0.25, 0.3) is 0 Å². The van der Waals surface area contributed by atoms with Crippen LogP contribution in [0.2, 0.25) is 0 Å². The molecule has 0 radical (unpaired) electrons. The van der Waals surface area contributed by atoms with Gasteiger partial charge in [0.1, 0.15) is 12.4 Å². The van der Waals surface area contributed by atoms with Crippen LogP contribution in [0.5, 0.6) is 17.2 Å². The second kappa shape index (κ2) is 11.8. The van der Waals surface area contributed by atoms with Crippen molar-refractivity contribution in [3.63, 3.8) is 0 Å². The normalized spacial score (nSPS) is 10.6. The molecule has 3 aromatic rings. The molecule has 0 aliphatic rings. The van der Waals surface area contributed by atoms with Gasteiger partial charge in [0.15, 0.2) is 11.5 Å². The van der Waals surface area contributed by atoms with Crippen LogP contribution in [0.1, 0.15) is 31.5 Å². The number of carbonyl (C=O) groups is 1. The minimum atomic E-state index is -0.0542. The summed E-state index contributed by atoms with van der Waals surface area (Å²) in [7, 11) is 0. The molecule has 1 heterocycles. The van der Waals surface area contributed by atoms with Crippen LogP contribution >= 0.6 is 22.6 Å². The monoisotopic (exact) mass is 549 g/mol. The van der Waals surface area contributed by atoms with Gasteiger partial charge in [0.2, 0.25) is 5.91 Å². The maximum absolute atomic E-state index is 12.3. The standard InChI is InChI=1S/C24H28IN3O4/c1-4-30-22-11-6-18(14-23(22)31-5-2)16-32-20-9-7-19(8-10-20)27-24(29)12-13-28-17(3)21(25)15-26-28/h6-11,14-15H,4-5,12-13,16H2,1-3H3,(H,27,29). The molecule has 0 atom stereocenters. The van der Waals surface area contributed by atoms with E-state index in [1.54, 1.807) is 6.20 Å². The van der Waals surface area contributed by atoms with Gasteiger partial charge in [-0.3, -0.25) is 9.48 Å². The van der Waals surface area contributed by atoms with Crippen LogP contribution in [-0.4, -0.2) is 28.9 Å². The van der Waals surface area contributed by atoms with Crippen molar-refractivity contribution >= 4 is 34.2 Å². The lowest BCUT2D eigenvalue weighted by molar-refractivity contribution is -0.116. The average molecular weight is 549 g/mol. The molecule has 0 aliphatic carbocycles. The van der Waals surface area contributed by atoms with Gasteiger partial charge in [-0.25, -0.2) is 0 Å². The van der Waals surface area contributed by atoms with Crippen LogP contribution in [0.4, 0.5) is 5.69 Å². The Hall–Kier alpha value is -2.75. The van der Waals surface area contributed by atoms with E-state index in [0.29, 0.717) is 38.5 Å². The lowest BCUT2D eigenvalue weighted by Gasteiger charge is -2.13. The van der Waals surface area contributed by atoms with Crippen molar-refractivity contribution in [2.45, 2.75) is 40.3 Å². The number of rotatable bonds is 11. The van der Waals surface area contributed by atoms with E-state index in [1.807, 2.05) is 67.9 Å². The molecule has 2 aromatic carbocycles. The Labute approximate surface area is 202 Å². The van der Waals surface area contributed by atoms with E-state index in [2.05, 4.69) is 33.0 Å². The van der Waals surface area contributed by atoms with Crippen molar-refractivity contribution in [1.29, 1.82) is 0 Å². The molecule has 0 spiro atoms. The smallest absolute Gasteiger partial charge is 0.226 e. The molecule has 7 nitrogen and oxygen atoms in total. The number of aromatic nitrogens is 2. The van der Waals surface area contributed by atoms with Crippen LogP contribution in [0.3, 0.4) is 0 Å². The van der Waals surface area contributed by atoms with Crippen LogP contribution in [0.15, 0.2) is 48.7 Å². The fourth-order valence-electron chi connectivity index (χ4n) is 3.07. The van der Waals surface area contributed by atoms with E-state index in [1.165, 1.54) is 0 Å². The zero-order valence-corrected chi connectivity index (χ0v) is 20.7. The summed E-state index contributed by atoms with van der Waals surface area (Å²) in [6.45, 7) is 7.99. The van der Waals surface area contributed by atoms with Gasteiger partial charge in [-0.05, 0) is 85.3 Å². The molecule has 0 bridgehead atoms. The average Bonchev–Trinajstić information content (AvgIpc) is 3.11. The molecule has 1 amide bonds. The van der Waals surface area contributed by atoms with Crippen LogP contribution in [-0.2, 0) is 17.9 Å². The number of nitrogens with zero attached hydrogens (tertiary/aromatic N) is 2. The Morgan fingerprint density at radius 1 is 1.03 bits per heavy atom. The Morgan fingerprint density at radius 3 is 2.41 bits per heavy atom. The summed E-state index contributed by atoms with van der Waals surface area (Å²) in [6, 6.07) is 13.1. The molecule has 170 valence electrons. The fourth-order valence-corrected chi connectivity index (χ4v) is 3.47. The van der Waals surface area contributed by atoms with Gasteiger partial charge >= 0.3 is 0 Å². The third-order valence-electron chi connectivity index (χ3n) is 4.75. The second-order valence-corrected chi connectivity index (χ2v) is 8.22. The first-order valence-electron chi connectivity index (χ1n) is 10.6. The van der Waals surface area contributed by atoms with E-state index in [-0.39, 0.29) is 5.91 Å². The van der Waals surface area contributed by atoms with Crippen LogP contribution < -0.4 is 19.5 Å². The van der Waals surface area contributed by atoms with Crippen molar-refractivity contribution in [3.8, 4) is 17.2 Å². The quantitative estimate of drug-likeness (QED) is 0.333. The molecule has 32 heavy (non-hydrogen) atoms. The van der Waals surface area contributed by atoms with Gasteiger partial charge in [-0.1, -0.05) is 6.07 Å². The van der Waals surface area contributed by atoms with Crippen LogP contribution in [0, 0.1) is 10.5 Å². The first kappa shape index (κ1) is 23.9. The fraction of sp³-hybridized carbons (Fsp3) is 0.333. The molecule has 0 saturated heterocycles. The predicted octanol–water partition coefficient (Wildman–Crippen LogP) is 5.20. The zero-order chi connectivity index (χ0) is 22.9. The Bertz CT molecular complexity index is 1030. The lowest BCUT2D eigenvalue weighted by atomic mass is 10.2. The summed E-state index contributed by atoms with van der Waals surface area (Å²) in [5.41, 5.74) is 2.78. The SMILES string of the molecule is CCOc1ccc(COc2ccc(NC(=O)CCn3ncc(I)c3C)cc2)cc1OCC. The molecule has 8 heteroatoms. The van der Waals surface area contributed by atoms with E-state index >= 15 is 0 Å². The summed E-state index contributed by atoms with van der Waals surface area (Å²) < 4.78 is 20.1. The summed E-state index contributed by atoms with van der Waals surface area (Å²) in [6.07, 6.45) is 2.16. The van der Waals surface area contributed by atoms with Crippen LogP contribution in [0.25, 0.3) is 0 Å². The Morgan fingerprint density at radius 2 is 1.75 bits per heavy atom. The highest BCUT2D eigenvalue weighted by atomic mass is 127. The molecule has 0 fully saturated rings. The van der Waals surface area contributed by atoms with E-state index in [4.69, 9.17) is 14.2 Å². The minimum absolute atomic E-state index is 0.0542. The predicted molar refractivity (Wildman–Crippen MR) is 132 cm³/mol. The van der Waals surface area contributed by atoms with E-state index in [9.17, 15) is 4.79 Å². The number of ether oxygens (including phenoxy) is 3. The summed E-state index contributed by atoms with van der Waals surface area (Å²) in [5, 5.41) is 7.19. The molecule has 0 unspecified atom stereocenters. The second-order valence-electron chi connectivity index (χ2n) is 7.06. The molecule has 1 aromatic heterocycles. The number of amides is 1. The first-order chi connectivity index (χ1) is 15.5. The lowest BCUT2D eigenvalue weighted by Crippen LogP contribution is -2.15.